The number of carbonyl (C=O) groups excluding carboxylic acids is 2. The average Bonchev–Trinajstić information content (AvgIpc) is 2.91. The van der Waals surface area contributed by atoms with Gasteiger partial charge in [0.15, 0.2) is 0 Å². The molecule has 0 unspecified atom stereocenters. The number of hydrogen-bond donors (Lipinski definition) is 1. The molecule has 0 bridgehead atoms. The molecule has 0 radical (unpaired) electrons. The van der Waals surface area contributed by atoms with Gasteiger partial charge in [-0.1, -0.05) is 73.5 Å². The third kappa shape index (κ3) is 7.47. The third-order valence-electron chi connectivity index (χ3n) is 6.73. The van der Waals surface area contributed by atoms with Gasteiger partial charge in [0.2, 0.25) is 11.8 Å². The molecule has 0 aromatic heterocycles. The van der Waals surface area contributed by atoms with Crippen LogP contribution in [0.15, 0.2) is 77.7 Å². The van der Waals surface area contributed by atoms with Crippen LogP contribution in [0.4, 0.5) is 5.69 Å². The van der Waals surface area contributed by atoms with Gasteiger partial charge in [0, 0.05) is 13.1 Å². The number of likely N-dealkylation sites (N-methyl/N-ethyl adjacent to an activating group) is 1. The van der Waals surface area contributed by atoms with Gasteiger partial charge in [-0.2, -0.15) is 0 Å². The molecule has 1 atom stereocenters. The minimum absolute atomic E-state index is 0.0932. The average molecular weight is 550 g/mol. The second kappa shape index (κ2) is 12.9. The normalized spacial score (nSPS) is 12.2. The van der Waals surface area contributed by atoms with E-state index < -0.39 is 28.5 Å². The topological polar surface area (TPSA) is 86.8 Å². The fraction of sp³-hybridized carbons (Fsp3) is 0.355. The molecule has 7 nitrogen and oxygen atoms in total. The third-order valence-corrected chi connectivity index (χ3v) is 8.52. The van der Waals surface area contributed by atoms with Gasteiger partial charge in [0.1, 0.15) is 12.6 Å². The van der Waals surface area contributed by atoms with Gasteiger partial charge in [0.25, 0.3) is 10.0 Å². The highest BCUT2D eigenvalue weighted by molar-refractivity contribution is 7.92. The maximum atomic E-state index is 13.9. The largest absolute Gasteiger partial charge is 0.355 e. The van der Waals surface area contributed by atoms with E-state index >= 15 is 0 Å². The highest BCUT2D eigenvalue weighted by Crippen LogP contribution is 2.27. The van der Waals surface area contributed by atoms with Crippen molar-refractivity contribution >= 4 is 27.5 Å². The molecular formula is C31H39N3O4S. The van der Waals surface area contributed by atoms with Gasteiger partial charge >= 0.3 is 0 Å². The maximum absolute atomic E-state index is 13.9. The van der Waals surface area contributed by atoms with Crippen LogP contribution in [-0.2, 0) is 26.2 Å². The van der Waals surface area contributed by atoms with Gasteiger partial charge in [0.05, 0.1) is 10.6 Å². The Bertz CT molecular complexity index is 1370. The fourth-order valence-electron chi connectivity index (χ4n) is 4.19. The van der Waals surface area contributed by atoms with E-state index in [-0.39, 0.29) is 23.3 Å². The Morgan fingerprint density at radius 3 is 1.87 bits per heavy atom. The van der Waals surface area contributed by atoms with Gasteiger partial charge in [-0.3, -0.25) is 13.9 Å². The highest BCUT2D eigenvalue weighted by Gasteiger charge is 2.32. The number of sulfonamides is 1. The minimum Gasteiger partial charge on any atom is -0.355 e. The van der Waals surface area contributed by atoms with Crippen molar-refractivity contribution in [3.05, 3.63) is 95.1 Å². The number of nitrogens with one attached hydrogen (secondary N) is 1. The Labute approximate surface area is 232 Å². The van der Waals surface area contributed by atoms with Crippen molar-refractivity contribution in [3.8, 4) is 0 Å². The van der Waals surface area contributed by atoms with Crippen LogP contribution in [0, 0.1) is 13.8 Å². The van der Waals surface area contributed by atoms with Gasteiger partial charge < -0.3 is 10.2 Å². The second-order valence-corrected chi connectivity index (χ2v) is 12.0. The lowest BCUT2D eigenvalue weighted by Gasteiger charge is -2.32. The predicted octanol–water partition coefficient (Wildman–Crippen LogP) is 5.18. The SMILES string of the molecule is CCNC(=O)[C@H](C)N(Cc1ccc(C)cc1)C(=O)CN(c1ccc(C(C)C)cc1)S(=O)(=O)c1ccc(C)cc1. The monoisotopic (exact) mass is 549 g/mol. The quantitative estimate of drug-likeness (QED) is 0.357. The molecule has 0 saturated heterocycles. The summed E-state index contributed by atoms with van der Waals surface area (Å²) in [6.45, 7) is 11.6. The van der Waals surface area contributed by atoms with Gasteiger partial charge in [-0.25, -0.2) is 8.42 Å². The summed E-state index contributed by atoms with van der Waals surface area (Å²) in [5.74, 6) is -0.504. The molecule has 0 aliphatic rings. The molecule has 0 saturated carbocycles. The van der Waals surface area contributed by atoms with E-state index in [1.165, 1.54) is 4.90 Å². The van der Waals surface area contributed by atoms with E-state index in [0.717, 1.165) is 26.6 Å². The van der Waals surface area contributed by atoms with E-state index in [1.807, 2.05) is 57.2 Å². The number of nitrogens with zero attached hydrogens (tertiary/aromatic N) is 2. The van der Waals surface area contributed by atoms with Crippen molar-refractivity contribution in [3.63, 3.8) is 0 Å². The standard InChI is InChI=1S/C31H39N3O4S/c1-7-32-31(36)25(6)33(20-26-12-8-23(4)9-13-26)30(35)21-34(28-16-14-27(15-17-28)22(2)3)39(37,38)29-18-10-24(5)11-19-29/h8-19,22,25H,7,20-21H2,1-6H3,(H,32,36)/t25-/m0/s1. The molecule has 0 aliphatic heterocycles. The van der Waals surface area contributed by atoms with Crippen molar-refractivity contribution in [2.75, 3.05) is 17.4 Å². The Hall–Kier alpha value is -3.65. The molecule has 1 N–H and O–H groups in total. The van der Waals surface area contributed by atoms with Crippen LogP contribution in [0.2, 0.25) is 0 Å². The van der Waals surface area contributed by atoms with E-state index in [4.69, 9.17) is 0 Å². The zero-order chi connectivity index (χ0) is 28.7. The second-order valence-electron chi connectivity index (χ2n) is 10.1. The van der Waals surface area contributed by atoms with E-state index in [9.17, 15) is 18.0 Å². The van der Waals surface area contributed by atoms with Crippen LogP contribution in [0.1, 0.15) is 55.9 Å². The summed E-state index contributed by atoms with van der Waals surface area (Å²) in [6, 6.07) is 20.7. The molecule has 0 spiro atoms. The first-order valence-corrected chi connectivity index (χ1v) is 14.7. The number of hydrogen-bond acceptors (Lipinski definition) is 4. The van der Waals surface area contributed by atoms with Crippen LogP contribution in [0.3, 0.4) is 0 Å². The zero-order valence-electron chi connectivity index (χ0n) is 23.6. The summed E-state index contributed by atoms with van der Waals surface area (Å²) < 4.78 is 28.9. The molecule has 208 valence electrons. The predicted molar refractivity (Wildman–Crippen MR) is 156 cm³/mol. The molecule has 2 amide bonds. The number of aryl methyl sites for hydroxylation is 2. The number of carbonyl (C=O) groups is 2. The highest BCUT2D eigenvalue weighted by atomic mass is 32.2. The van der Waals surface area contributed by atoms with Crippen molar-refractivity contribution in [1.82, 2.24) is 10.2 Å². The summed E-state index contributed by atoms with van der Waals surface area (Å²) >= 11 is 0. The molecule has 39 heavy (non-hydrogen) atoms. The number of amides is 2. The molecule has 3 aromatic carbocycles. The number of anilines is 1. The molecular weight excluding hydrogens is 510 g/mol. The fourth-order valence-corrected chi connectivity index (χ4v) is 5.60. The van der Waals surface area contributed by atoms with Crippen LogP contribution in [-0.4, -0.2) is 44.3 Å². The van der Waals surface area contributed by atoms with Gasteiger partial charge in [-0.15, -0.1) is 0 Å². The van der Waals surface area contributed by atoms with Crippen LogP contribution >= 0.6 is 0 Å². The van der Waals surface area contributed by atoms with E-state index in [2.05, 4.69) is 19.2 Å². The van der Waals surface area contributed by atoms with Crippen molar-refractivity contribution in [1.29, 1.82) is 0 Å². The first-order valence-electron chi connectivity index (χ1n) is 13.3. The number of rotatable bonds is 11. The van der Waals surface area contributed by atoms with Crippen LogP contribution < -0.4 is 9.62 Å². The summed E-state index contributed by atoms with van der Waals surface area (Å²) in [4.78, 5) is 28.2. The van der Waals surface area contributed by atoms with Crippen LogP contribution in [0.5, 0.6) is 0 Å². The first-order chi connectivity index (χ1) is 18.4. The maximum Gasteiger partial charge on any atom is 0.264 e. The minimum atomic E-state index is -4.08. The lowest BCUT2D eigenvalue weighted by molar-refractivity contribution is -0.139. The molecule has 0 aliphatic carbocycles. The van der Waals surface area contributed by atoms with Gasteiger partial charge in [-0.05, 0) is 69.0 Å². The van der Waals surface area contributed by atoms with Crippen molar-refractivity contribution in [2.45, 2.75) is 64.9 Å². The molecule has 0 heterocycles. The Morgan fingerprint density at radius 1 is 0.821 bits per heavy atom. The Morgan fingerprint density at radius 2 is 1.36 bits per heavy atom. The Kier molecular flexibility index (Phi) is 9.92. The summed E-state index contributed by atoms with van der Waals surface area (Å²) in [5, 5.41) is 2.77. The zero-order valence-corrected chi connectivity index (χ0v) is 24.5. The number of benzene rings is 3. The Balaban J connectivity index is 2.03. The van der Waals surface area contributed by atoms with E-state index in [0.29, 0.717) is 12.2 Å². The smallest absolute Gasteiger partial charge is 0.264 e. The summed E-state index contributed by atoms with van der Waals surface area (Å²) in [6.07, 6.45) is 0. The first kappa shape index (κ1) is 29.9. The molecule has 8 heteroatoms. The lowest BCUT2D eigenvalue weighted by atomic mass is 10.0. The summed E-state index contributed by atoms with van der Waals surface area (Å²) in [7, 11) is -4.08. The van der Waals surface area contributed by atoms with E-state index in [1.54, 1.807) is 43.3 Å². The van der Waals surface area contributed by atoms with Crippen LogP contribution in [0.25, 0.3) is 0 Å². The lowest BCUT2D eigenvalue weighted by Crippen LogP contribution is -2.51. The summed E-state index contributed by atoms with van der Waals surface area (Å²) in [5.41, 5.74) is 4.30. The van der Waals surface area contributed by atoms with Crippen molar-refractivity contribution < 1.29 is 18.0 Å². The molecule has 3 rings (SSSR count). The molecule has 0 fully saturated rings. The molecule has 3 aromatic rings. The van der Waals surface area contributed by atoms with Crippen molar-refractivity contribution in [2.24, 2.45) is 0 Å².